The molecule has 0 amide bonds. The van der Waals surface area contributed by atoms with E-state index in [2.05, 4.69) is 10.1 Å². The fourth-order valence-electron chi connectivity index (χ4n) is 0.948. The first-order valence-electron chi connectivity index (χ1n) is 4.30. The molecule has 0 fully saturated rings. The molecule has 1 unspecified atom stereocenters. The third kappa shape index (κ3) is 3.28. The average Bonchev–Trinajstić information content (AvgIpc) is 2.53. The Kier molecular flexibility index (Phi) is 3.91. The molecular weight excluding hydrogens is 202 g/mol. The maximum atomic E-state index is 9.66. The second kappa shape index (κ2) is 4.77. The maximum Gasteiger partial charge on any atom is 0.229 e. The predicted octanol–water partition coefficient (Wildman–Crippen LogP) is 0.185. The van der Waals surface area contributed by atoms with Gasteiger partial charge < -0.3 is 15.4 Å². The number of nitrogens with two attached hydrogens (primary N) is 1. The van der Waals surface area contributed by atoms with E-state index >= 15 is 0 Å². The largest absolute Gasteiger partial charge is 0.388 e. The van der Waals surface area contributed by atoms with Gasteiger partial charge in [-0.15, -0.1) is 0 Å². The van der Waals surface area contributed by atoms with Gasteiger partial charge in [0, 0.05) is 6.54 Å². The number of hydrogen-bond donors (Lipinski definition) is 2. The van der Waals surface area contributed by atoms with Crippen molar-refractivity contribution in [3.8, 4) is 0 Å². The van der Waals surface area contributed by atoms with Gasteiger partial charge in [-0.3, -0.25) is 0 Å². The van der Waals surface area contributed by atoms with Crippen molar-refractivity contribution in [3.63, 3.8) is 0 Å². The lowest BCUT2D eigenvalue weighted by atomic mass is 10.0. The summed E-state index contributed by atoms with van der Waals surface area (Å²) in [5.41, 5.74) is 4.41. The molecule has 0 aliphatic rings. The lowest BCUT2D eigenvalue weighted by Crippen LogP contribution is -2.36. The van der Waals surface area contributed by atoms with Crippen molar-refractivity contribution in [2.45, 2.75) is 24.7 Å². The Labute approximate surface area is 87.1 Å². The number of nitrogens with zero attached hydrogens (tertiary/aromatic N) is 2. The lowest BCUT2D eigenvalue weighted by molar-refractivity contribution is 0.0610. The fraction of sp³-hybridized carbons (Fsp3) is 0.750. The molecule has 80 valence electrons. The number of rotatable bonds is 5. The topological polar surface area (TPSA) is 85.2 Å². The van der Waals surface area contributed by atoms with Gasteiger partial charge in [-0.2, -0.15) is 16.7 Å². The van der Waals surface area contributed by atoms with E-state index in [1.807, 2.05) is 6.26 Å². The highest BCUT2D eigenvalue weighted by Crippen LogP contribution is 2.11. The molecule has 1 rings (SSSR count). The van der Waals surface area contributed by atoms with E-state index in [1.165, 1.54) is 0 Å². The second-order valence-electron chi connectivity index (χ2n) is 3.42. The van der Waals surface area contributed by atoms with Crippen molar-refractivity contribution >= 4 is 11.8 Å². The second-order valence-corrected chi connectivity index (χ2v) is 4.28. The highest BCUT2D eigenvalue weighted by molar-refractivity contribution is 7.97. The van der Waals surface area contributed by atoms with E-state index in [1.54, 1.807) is 18.7 Å². The molecule has 0 aromatic carbocycles. The van der Waals surface area contributed by atoms with Crippen LogP contribution in [-0.4, -0.2) is 33.6 Å². The molecule has 0 aliphatic heterocycles. The molecule has 5 nitrogen and oxygen atoms in total. The summed E-state index contributed by atoms with van der Waals surface area (Å²) < 4.78 is 4.96. The van der Waals surface area contributed by atoms with Crippen LogP contribution < -0.4 is 5.73 Å². The van der Waals surface area contributed by atoms with Crippen LogP contribution in [0.4, 0.5) is 0 Å². The monoisotopic (exact) mass is 217 g/mol. The minimum atomic E-state index is -0.969. The molecule has 14 heavy (non-hydrogen) atoms. The molecule has 1 atom stereocenters. The van der Waals surface area contributed by atoms with Gasteiger partial charge in [0.25, 0.3) is 0 Å². The van der Waals surface area contributed by atoms with Crippen LogP contribution in [0.3, 0.4) is 0 Å². The normalized spacial score (nSPS) is 15.4. The van der Waals surface area contributed by atoms with E-state index in [-0.39, 0.29) is 6.54 Å². The summed E-state index contributed by atoms with van der Waals surface area (Å²) in [6, 6.07) is 0. The summed E-state index contributed by atoms with van der Waals surface area (Å²) in [6.45, 7) is 1.82. The van der Waals surface area contributed by atoms with Gasteiger partial charge >= 0.3 is 0 Å². The number of aliphatic hydroxyl groups is 1. The summed E-state index contributed by atoms with van der Waals surface area (Å²) in [5, 5.41) is 13.4. The van der Waals surface area contributed by atoms with Gasteiger partial charge in [0.2, 0.25) is 5.89 Å². The molecule has 0 spiro atoms. The van der Waals surface area contributed by atoms with E-state index in [0.717, 1.165) is 0 Å². The molecule has 0 bridgehead atoms. The van der Waals surface area contributed by atoms with Gasteiger partial charge in [0.1, 0.15) is 0 Å². The van der Waals surface area contributed by atoms with Gasteiger partial charge in [0.15, 0.2) is 5.82 Å². The minimum Gasteiger partial charge on any atom is -0.388 e. The molecule has 6 heteroatoms. The summed E-state index contributed by atoms with van der Waals surface area (Å²) in [4.78, 5) is 4.12. The summed E-state index contributed by atoms with van der Waals surface area (Å²) in [5.74, 6) is 1.80. The van der Waals surface area contributed by atoms with Crippen LogP contribution in [0.2, 0.25) is 0 Å². The van der Waals surface area contributed by atoms with Crippen LogP contribution in [0.25, 0.3) is 0 Å². The van der Waals surface area contributed by atoms with Crippen molar-refractivity contribution in [3.05, 3.63) is 11.7 Å². The van der Waals surface area contributed by atoms with E-state index < -0.39 is 5.60 Å². The first kappa shape index (κ1) is 11.5. The summed E-state index contributed by atoms with van der Waals surface area (Å²) in [7, 11) is 0. The van der Waals surface area contributed by atoms with Crippen LogP contribution >= 0.6 is 11.8 Å². The summed E-state index contributed by atoms with van der Waals surface area (Å²) >= 11 is 1.62. The summed E-state index contributed by atoms with van der Waals surface area (Å²) in [6.07, 6.45) is 2.26. The Balaban J connectivity index is 2.59. The molecule has 0 aliphatic carbocycles. The fourth-order valence-corrected chi connectivity index (χ4v) is 1.32. The first-order valence-corrected chi connectivity index (χ1v) is 5.69. The van der Waals surface area contributed by atoms with E-state index in [9.17, 15) is 5.11 Å². The molecule has 0 radical (unpaired) electrons. The quantitative estimate of drug-likeness (QED) is 0.732. The highest BCUT2D eigenvalue weighted by atomic mass is 32.2. The van der Waals surface area contributed by atoms with Crippen LogP contribution in [-0.2, 0) is 12.2 Å². The SMILES string of the molecule is CSCc1noc(CC(C)(O)CN)n1. The Morgan fingerprint density at radius 1 is 1.64 bits per heavy atom. The van der Waals surface area contributed by atoms with Gasteiger partial charge in [-0.25, -0.2) is 0 Å². The van der Waals surface area contributed by atoms with Gasteiger partial charge in [0.05, 0.1) is 17.8 Å². The maximum absolute atomic E-state index is 9.66. The predicted molar refractivity (Wildman–Crippen MR) is 54.9 cm³/mol. The van der Waals surface area contributed by atoms with Crippen molar-refractivity contribution in [1.82, 2.24) is 10.1 Å². The van der Waals surface area contributed by atoms with Crippen LogP contribution in [0, 0.1) is 0 Å². The zero-order valence-electron chi connectivity index (χ0n) is 8.36. The molecule has 0 saturated carbocycles. The Hall–Kier alpha value is -0.590. The molecule has 1 heterocycles. The number of hydrogen-bond acceptors (Lipinski definition) is 6. The Bertz CT molecular complexity index is 288. The zero-order chi connectivity index (χ0) is 10.6. The Morgan fingerprint density at radius 2 is 2.36 bits per heavy atom. The molecule has 0 saturated heterocycles. The highest BCUT2D eigenvalue weighted by Gasteiger charge is 2.22. The van der Waals surface area contributed by atoms with Crippen LogP contribution in [0.5, 0.6) is 0 Å². The first-order chi connectivity index (χ1) is 6.57. The zero-order valence-corrected chi connectivity index (χ0v) is 9.17. The average molecular weight is 217 g/mol. The van der Waals surface area contributed by atoms with Crippen LogP contribution in [0.15, 0.2) is 4.52 Å². The van der Waals surface area contributed by atoms with Crippen molar-refractivity contribution < 1.29 is 9.63 Å². The van der Waals surface area contributed by atoms with Crippen LogP contribution in [0.1, 0.15) is 18.6 Å². The molecular formula is C8H15N3O2S. The van der Waals surface area contributed by atoms with Crippen molar-refractivity contribution in [1.29, 1.82) is 0 Å². The van der Waals surface area contributed by atoms with E-state index in [4.69, 9.17) is 10.3 Å². The standard InChI is InChI=1S/C8H15N3O2S/c1-8(12,5-9)3-7-10-6(4-14-2)11-13-7/h12H,3-5,9H2,1-2H3. The molecule has 3 N–H and O–H groups in total. The van der Waals surface area contributed by atoms with Crippen molar-refractivity contribution in [2.24, 2.45) is 5.73 Å². The Morgan fingerprint density at radius 3 is 2.93 bits per heavy atom. The van der Waals surface area contributed by atoms with Gasteiger partial charge in [-0.05, 0) is 13.2 Å². The smallest absolute Gasteiger partial charge is 0.229 e. The van der Waals surface area contributed by atoms with E-state index in [0.29, 0.717) is 23.9 Å². The third-order valence-electron chi connectivity index (χ3n) is 1.76. The van der Waals surface area contributed by atoms with Gasteiger partial charge in [-0.1, -0.05) is 5.16 Å². The number of thioether (sulfide) groups is 1. The molecule has 1 aromatic rings. The lowest BCUT2D eigenvalue weighted by Gasteiger charge is -2.17. The minimum absolute atomic E-state index is 0.174. The molecule has 1 aromatic heterocycles. The van der Waals surface area contributed by atoms with Crippen molar-refractivity contribution in [2.75, 3.05) is 12.8 Å². The number of aromatic nitrogens is 2. The third-order valence-corrected chi connectivity index (χ3v) is 2.30.